The molecule has 0 aromatic carbocycles. The van der Waals surface area contributed by atoms with E-state index >= 15 is 0 Å². The molecule has 2 nitrogen and oxygen atoms in total. The van der Waals surface area contributed by atoms with Crippen molar-refractivity contribution < 1.29 is 4.84 Å². The lowest BCUT2D eigenvalue weighted by atomic mass is 10.0. The molecule has 8 heavy (non-hydrogen) atoms. The molecule has 2 aliphatic rings. The van der Waals surface area contributed by atoms with E-state index < -0.39 is 0 Å². The second kappa shape index (κ2) is 1.71. The van der Waals surface area contributed by atoms with Gasteiger partial charge in [0, 0.05) is 12.6 Å². The van der Waals surface area contributed by atoms with E-state index in [1.165, 1.54) is 25.8 Å². The summed E-state index contributed by atoms with van der Waals surface area (Å²) in [6.07, 6.45) is 3.99. The normalized spacial score (nSPS) is 38.2. The summed E-state index contributed by atoms with van der Waals surface area (Å²) in [4.78, 5) is 5.31. The van der Waals surface area contributed by atoms with E-state index in [1.807, 2.05) is 0 Å². The van der Waals surface area contributed by atoms with Crippen molar-refractivity contribution in [1.82, 2.24) is 5.06 Å². The highest BCUT2D eigenvalue weighted by Crippen LogP contribution is 2.25. The van der Waals surface area contributed by atoms with Gasteiger partial charge in [0.25, 0.3) is 0 Å². The molecule has 2 saturated heterocycles. The van der Waals surface area contributed by atoms with Crippen LogP contribution in [0.25, 0.3) is 0 Å². The van der Waals surface area contributed by atoms with Gasteiger partial charge in [-0.05, 0) is 19.3 Å². The predicted molar refractivity (Wildman–Crippen MR) is 30.3 cm³/mol. The smallest absolute Gasteiger partial charge is 0.0685 e. The second-order valence-corrected chi connectivity index (χ2v) is 2.56. The Morgan fingerprint density at radius 2 is 2.38 bits per heavy atom. The Balaban J connectivity index is 1.92. The van der Waals surface area contributed by atoms with Crippen LogP contribution in [-0.4, -0.2) is 24.3 Å². The van der Waals surface area contributed by atoms with Crippen molar-refractivity contribution in [3.63, 3.8) is 0 Å². The summed E-state index contributed by atoms with van der Waals surface area (Å²) < 4.78 is 0. The van der Waals surface area contributed by atoms with Crippen LogP contribution in [0.1, 0.15) is 19.3 Å². The third kappa shape index (κ3) is 0.565. The zero-order valence-corrected chi connectivity index (χ0v) is 4.97. The van der Waals surface area contributed by atoms with Crippen molar-refractivity contribution in [2.24, 2.45) is 0 Å². The summed E-state index contributed by atoms with van der Waals surface area (Å²) in [5.74, 6) is 0. The second-order valence-electron chi connectivity index (χ2n) is 2.56. The SMILES string of the molecule is C1CON2CCC2C1. The predicted octanol–water partition coefficient (Wildman–Crippen LogP) is 0.786. The highest BCUT2D eigenvalue weighted by molar-refractivity contribution is 4.78. The maximum atomic E-state index is 5.31. The van der Waals surface area contributed by atoms with E-state index in [1.54, 1.807) is 0 Å². The van der Waals surface area contributed by atoms with Crippen LogP contribution in [0.5, 0.6) is 0 Å². The van der Waals surface area contributed by atoms with Gasteiger partial charge in [-0.1, -0.05) is 0 Å². The molecule has 0 spiro atoms. The summed E-state index contributed by atoms with van der Waals surface area (Å²) in [6, 6.07) is 0.795. The minimum absolute atomic E-state index is 0.795. The monoisotopic (exact) mass is 113 g/mol. The van der Waals surface area contributed by atoms with Gasteiger partial charge in [0.1, 0.15) is 0 Å². The average molecular weight is 113 g/mol. The van der Waals surface area contributed by atoms with E-state index in [4.69, 9.17) is 4.84 Å². The molecule has 2 heteroatoms. The number of nitrogens with zero attached hydrogens (tertiary/aromatic N) is 1. The first kappa shape index (κ1) is 4.77. The molecule has 2 fully saturated rings. The molecule has 2 aliphatic heterocycles. The van der Waals surface area contributed by atoms with Gasteiger partial charge in [-0.25, -0.2) is 0 Å². The summed E-state index contributed by atoms with van der Waals surface area (Å²) in [6.45, 7) is 2.13. The maximum absolute atomic E-state index is 5.31. The molecule has 2 rings (SSSR count). The Bertz CT molecular complexity index is 82.5. The number of hydrogen-bond acceptors (Lipinski definition) is 2. The quantitative estimate of drug-likeness (QED) is 0.460. The highest BCUT2D eigenvalue weighted by Gasteiger charge is 2.30. The fourth-order valence-corrected chi connectivity index (χ4v) is 1.38. The van der Waals surface area contributed by atoms with Crippen LogP contribution in [-0.2, 0) is 4.84 Å². The van der Waals surface area contributed by atoms with Crippen LogP contribution < -0.4 is 0 Å². The summed E-state index contributed by atoms with van der Waals surface area (Å²) in [5.41, 5.74) is 0. The lowest BCUT2D eigenvalue weighted by molar-refractivity contribution is -0.255. The van der Waals surface area contributed by atoms with E-state index in [9.17, 15) is 0 Å². The molecule has 0 N–H and O–H groups in total. The molecule has 46 valence electrons. The van der Waals surface area contributed by atoms with E-state index in [-0.39, 0.29) is 0 Å². The maximum Gasteiger partial charge on any atom is 0.0685 e. The van der Waals surface area contributed by atoms with Crippen LogP contribution in [0.15, 0.2) is 0 Å². The van der Waals surface area contributed by atoms with Crippen molar-refractivity contribution in [1.29, 1.82) is 0 Å². The third-order valence-electron chi connectivity index (χ3n) is 2.03. The zero-order chi connectivity index (χ0) is 5.40. The minimum Gasteiger partial charge on any atom is -0.299 e. The van der Waals surface area contributed by atoms with Gasteiger partial charge in [-0.2, -0.15) is 5.06 Å². The fraction of sp³-hybridized carbons (Fsp3) is 1.00. The first-order valence-electron chi connectivity index (χ1n) is 3.36. The standard InChI is InChI=1S/C6H11NO/c1-2-6-3-4-7(6)8-5-1/h6H,1-5H2. The van der Waals surface area contributed by atoms with E-state index in [0.717, 1.165) is 12.6 Å². The van der Waals surface area contributed by atoms with Crippen molar-refractivity contribution in [2.75, 3.05) is 13.2 Å². The van der Waals surface area contributed by atoms with Crippen LogP contribution in [0.2, 0.25) is 0 Å². The lowest BCUT2D eigenvalue weighted by Crippen LogP contribution is -2.50. The third-order valence-corrected chi connectivity index (χ3v) is 2.03. The molecule has 0 aliphatic carbocycles. The molecular weight excluding hydrogens is 102 g/mol. The Kier molecular flexibility index (Phi) is 1.02. The van der Waals surface area contributed by atoms with E-state index in [0.29, 0.717) is 0 Å². The molecule has 0 saturated carbocycles. The Hall–Kier alpha value is -0.0800. The summed E-state index contributed by atoms with van der Waals surface area (Å²) in [5, 5.41) is 2.11. The Morgan fingerprint density at radius 1 is 1.38 bits per heavy atom. The van der Waals surface area contributed by atoms with Crippen molar-refractivity contribution in [3.8, 4) is 0 Å². The first-order chi connectivity index (χ1) is 3.97. The fourth-order valence-electron chi connectivity index (χ4n) is 1.38. The number of hydrogen-bond donors (Lipinski definition) is 0. The number of rotatable bonds is 0. The lowest BCUT2D eigenvalue weighted by Gasteiger charge is -2.42. The largest absolute Gasteiger partial charge is 0.299 e. The average Bonchev–Trinajstić information content (AvgIpc) is 1.72. The molecule has 1 unspecified atom stereocenters. The van der Waals surface area contributed by atoms with Crippen molar-refractivity contribution >= 4 is 0 Å². The minimum atomic E-state index is 0.795. The molecule has 1 atom stereocenters. The molecule has 0 aromatic heterocycles. The highest BCUT2D eigenvalue weighted by atomic mass is 16.7. The van der Waals surface area contributed by atoms with Gasteiger partial charge in [0.2, 0.25) is 0 Å². The topological polar surface area (TPSA) is 12.5 Å². The van der Waals surface area contributed by atoms with E-state index in [2.05, 4.69) is 5.06 Å². The Labute approximate surface area is 49.4 Å². The van der Waals surface area contributed by atoms with Crippen LogP contribution >= 0.6 is 0 Å². The van der Waals surface area contributed by atoms with Gasteiger partial charge in [-0.15, -0.1) is 0 Å². The van der Waals surface area contributed by atoms with Crippen molar-refractivity contribution in [3.05, 3.63) is 0 Å². The molecular formula is C6H11NO. The summed E-state index contributed by atoms with van der Waals surface area (Å²) in [7, 11) is 0. The van der Waals surface area contributed by atoms with Gasteiger partial charge < -0.3 is 0 Å². The molecule has 0 bridgehead atoms. The summed E-state index contributed by atoms with van der Waals surface area (Å²) >= 11 is 0. The molecule has 0 amide bonds. The molecule has 0 aromatic rings. The van der Waals surface area contributed by atoms with Crippen molar-refractivity contribution in [2.45, 2.75) is 25.3 Å². The van der Waals surface area contributed by atoms with Gasteiger partial charge in [0.15, 0.2) is 0 Å². The number of fused-ring (bicyclic) bond motifs is 1. The first-order valence-corrected chi connectivity index (χ1v) is 3.36. The molecule has 0 radical (unpaired) electrons. The van der Waals surface area contributed by atoms with Gasteiger partial charge >= 0.3 is 0 Å². The molecule has 2 heterocycles. The Morgan fingerprint density at radius 3 is 2.75 bits per heavy atom. The van der Waals surface area contributed by atoms with Gasteiger partial charge in [0.05, 0.1) is 6.61 Å². The zero-order valence-electron chi connectivity index (χ0n) is 4.97. The van der Waals surface area contributed by atoms with Crippen LogP contribution in [0.3, 0.4) is 0 Å². The van der Waals surface area contributed by atoms with Crippen LogP contribution in [0, 0.1) is 0 Å². The number of hydroxylamine groups is 2. The van der Waals surface area contributed by atoms with Crippen LogP contribution in [0.4, 0.5) is 0 Å². The van der Waals surface area contributed by atoms with Gasteiger partial charge in [-0.3, -0.25) is 4.84 Å².